The smallest absolute Gasteiger partial charge is 0.259 e. The van der Waals surface area contributed by atoms with E-state index in [2.05, 4.69) is 6.07 Å². The summed E-state index contributed by atoms with van der Waals surface area (Å²) < 4.78 is 19.5. The first kappa shape index (κ1) is 14.7. The predicted molar refractivity (Wildman–Crippen MR) is 84.8 cm³/mol. The fraction of sp³-hybridized carbons (Fsp3) is 0.263. The molecule has 0 N–H and O–H groups in total. The molecule has 1 fully saturated rings. The summed E-state index contributed by atoms with van der Waals surface area (Å²) in [6.45, 7) is 0. The second-order valence-electron chi connectivity index (χ2n) is 6.18. The number of methoxy groups -OCH3 is 1. The van der Waals surface area contributed by atoms with Gasteiger partial charge in [-0.15, -0.1) is 0 Å². The molecular weight excluding hydrogens is 307 g/mol. The van der Waals surface area contributed by atoms with Crippen LogP contribution in [-0.2, 0) is 5.54 Å². The summed E-state index contributed by atoms with van der Waals surface area (Å²) in [6.07, 6.45) is 1.54. The van der Waals surface area contributed by atoms with Crippen molar-refractivity contribution < 1.29 is 13.9 Å². The average Bonchev–Trinajstić information content (AvgIpc) is 3.35. The van der Waals surface area contributed by atoms with Crippen molar-refractivity contribution >= 4 is 5.91 Å². The van der Waals surface area contributed by atoms with Gasteiger partial charge in [0.2, 0.25) is 0 Å². The molecule has 2 aromatic carbocycles. The molecule has 1 unspecified atom stereocenters. The molecule has 1 aliphatic heterocycles. The van der Waals surface area contributed by atoms with Crippen LogP contribution >= 0.6 is 0 Å². The molecule has 0 aromatic heterocycles. The van der Waals surface area contributed by atoms with E-state index in [0.29, 0.717) is 11.3 Å². The predicted octanol–water partition coefficient (Wildman–Crippen LogP) is 3.54. The Labute approximate surface area is 139 Å². The Morgan fingerprint density at radius 3 is 2.58 bits per heavy atom. The standard InChI is InChI=1S/C19H15FN2O2/c1-24-13-9-14-16(11-21)22(18(23)17(14)15(20)10-13)19(7-8-19)12-5-3-2-4-6-12/h2-6,9-10,16H,7-8H2,1H3. The third-order valence-electron chi connectivity index (χ3n) is 4.93. The molecular formula is C19H15FN2O2. The molecule has 0 spiro atoms. The highest BCUT2D eigenvalue weighted by Gasteiger charge is 2.58. The number of fused-ring (bicyclic) bond motifs is 1. The van der Waals surface area contributed by atoms with Gasteiger partial charge in [-0.3, -0.25) is 4.79 Å². The molecule has 2 aliphatic rings. The SMILES string of the molecule is COc1cc(F)c2c(c1)C(C#N)N(C1(c3ccccc3)CC1)C2=O. The zero-order chi connectivity index (χ0) is 16.9. The molecule has 0 radical (unpaired) electrons. The molecule has 0 saturated heterocycles. The number of nitrogens with zero attached hydrogens (tertiary/aromatic N) is 2. The van der Waals surface area contributed by atoms with Crippen molar-refractivity contribution in [1.29, 1.82) is 5.26 Å². The van der Waals surface area contributed by atoms with Gasteiger partial charge < -0.3 is 9.64 Å². The summed E-state index contributed by atoms with van der Waals surface area (Å²) in [7, 11) is 1.43. The van der Waals surface area contributed by atoms with E-state index >= 15 is 0 Å². The van der Waals surface area contributed by atoms with Gasteiger partial charge in [-0.2, -0.15) is 5.26 Å². The maximum absolute atomic E-state index is 14.4. The Balaban J connectivity index is 1.86. The molecule has 5 heteroatoms. The molecule has 24 heavy (non-hydrogen) atoms. The van der Waals surface area contributed by atoms with Gasteiger partial charge in [-0.1, -0.05) is 30.3 Å². The van der Waals surface area contributed by atoms with Crippen molar-refractivity contribution in [3.63, 3.8) is 0 Å². The van der Waals surface area contributed by atoms with Crippen LogP contribution < -0.4 is 4.74 Å². The van der Waals surface area contributed by atoms with Crippen LogP contribution in [0.1, 0.15) is 40.4 Å². The molecule has 4 nitrogen and oxygen atoms in total. The Morgan fingerprint density at radius 1 is 1.29 bits per heavy atom. The number of rotatable bonds is 3. The zero-order valence-electron chi connectivity index (χ0n) is 13.1. The summed E-state index contributed by atoms with van der Waals surface area (Å²) >= 11 is 0. The topological polar surface area (TPSA) is 53.3 Å². The second kappa shape index (κ2) is 5.07. The van der Waals surface area contributed by atoms with Gasteiger partial charge in [0.1, 0.15) is 17.6 Å². The molecule has 2 aromatic rings. The molecule has 1 atom stereocenters. The van der Waals surface area contributed by atoms with E-state index in [1.165, 1.54) is 13.2 Å². The molecule has 1 saturated carbocycles. The number of benzene rings is 2. The average molecular weight is 322 g/mol. The quantitative estimate of drug-likeness (QED) is 0.868. The number of amides is 1. The lowest BCUT2D eigenvalue weighted by Crippen LogP contribution is -2.38. The van der Waals surface area contributed by atoms with Crippen LogP contribution in [0.15, 0.2) is 42.5 Å². The first-order valence-corrected chi connectivity index (χ1v) is 7.78. The first-order valence-electron chi connectivity index (χ1n) is 7.78. The fourth-order valence-corrected chi connectivity index (χ4v) is 3.64. The second-order valence-corrected chi connectivity index (χ2v) is 6.18. The summed E-state index contributed by atoms with van der Waals surface area (Å²) in [5, 5.41) is 9.69. The number of halogens is 1. The molecule has 0 bridgehead atoms. The highest BCUT2D eigenvalue weighted by Crippen LogP contribution is 2.57. The maximum Gasteiger partial charge on any atom is 0.259 e. The lowest BCUT2D eigenvalue weighted by Gasteiger charge is -2.31. The Bertz CT molecular complexity index is 869. The minimum absolute atomic E-state index is 0.00967. The normalized spacial score (nSPS) is 20.5. The van der Waals surface area contributed by atoms with Gasteiger partial charge in [0.15, 0.2) is 0 Å². The summed E-state index contributed by atoms with van der Waals surface area (Å²) in [5.74, 6) is -0.746. The molecule has 1 heterocycles. The van der Waals surface area contributed by atoms with Crippen LogP contribution in [0.5, 0.6) is 5.75 Å². The molecule has 4 rings (SSSR count). The van der Waals surface area contributed by atoms with Crippen molar-refractivity contribution in [2.24, 2.45) is 0 Å². The zero-order valence-corrected chi connectivity index (χ0v) is 13.1. The third kappa shape index (κ3) is 1.86. The molecule has 1 amide bonds. The van der Waals surface area contributed by atoms with Gasteiger partial charge in [-0.25, -0.2) is 4.39 Å². The van der Waals surface area contributed by atoms with E-state index in [1.54, 1.807) is 11.0 Å². The van der Waals surface area contributed by atoms with Gasteiger partial charge in [0.05, 0.1) is 24.3 Å². The van der Waals surface area contributed by atoms with Crippen molar-refractivity contribution in [2.75, 3.05) is 7.11 Å². The lowest BCUT2D eigenvalue weighted by atomic mass is 10.0. The van der Waals surface area contributed by atoms with Crippen LogP contribution in [0.25, 0.3) is 0 Å². The Kier molecular flexibility index (Phi) is 3.10. The van der Waals surface area contributed by atoms with Crippen LogP contribution in [-0.4, -0.2) is 17.9 Å². The van der Waals surface area contributed by atoms with Gasteiger partial charge in [0.25, 0.3) is 5.91 Å². The number of nitriles is 1. The first-order chi connectivity index (χ1) is 11.6. The van der Waals surface area contributed by atoms with Gasteiger partial charge >= 0.3 is 0 Å². The van der Waals surface area contributed by atoms with Crippen LogP contribution in [0.3, 0.4) is 0 Å². The largest absolute Gasteiger partial charge is 0.497 e. The number of hydrogen-bond acceptors (Lipinski definition) is 3. The maximum atomic E-state index is 14.4. The van der Waals surface area contributed by atoms with Crippen molar-refractivity contribution in [2.45, 2.75) is 24.4 Å². The van der Waals surface area contributed by atoms with E-state index in [0.717, 1.165) is 18.4 Å². The number of ether oxygens (including phenoxy) is 1. The van der Waals surface area contributed by atoms with Crippen molar-refractivity contribution in [1.82, 2.24) is 4.90 Å². The highest BCUT2D eigenvalue weighted by atomic mass is 19.1. The number of carbonyl (C=O) groups is 1. The minimum Gasteiger partial charge on any atom is -0.497 e. The third-order valence-corrected chi connectivity index (χ3v) is 4.93. The summed E-state index contributed by atoms with van der Waals surface area (Å²) in [6, 6.07) is 13.8. The minimum atomic E-state index is -0.806. The van der Waals surface area contributed by atoms with Gasteiger partial charge in [0, 0.05) is 11.6 Å². The van der Waals surface area contributed by atoms with Crippen LogP contribution in [0.4, 0.5) is 4.39 Å². The summed E-state index contributed by atoms with van der Waals surface area (Å²) in [5.41, 5.74) is 0.849. The Morgan fingerprint density at radius 2 is 2.00 bits per heavy atom. The fourth-order valence-electron chi connectivity index (χ4n) is 3.64. The highest BCUT2D eigenvalue weighted by molar-refractivity contribution is 6.01. The number of hydrogen-bond donors (Lipinski definition) is 0. The monoisotopic (exact) mass is 322 g/mol. The van der Waals surface area contributed by atoms with E-state index in [9.17, 15) is 14.4 Å². The molecule has 1 aliphatic carbocycles. The lowest BCUT2D eigenvalue weighted by molar-refractivity contribution is 0.0632. The van der Waals surface area contributed by atoms with E-state index in [-0.39, 0.29) is 5.56 Å². The Hall–Kier alpha value is -2.87. The molecule has 120 valence electrons. The number of carbonyl (C=O) groups excluding carboxylic acids is 1. The van der Waals surface area contributed by atoms with Crippen molar-refractivity contribution in [3.05, 3.63) is 65.0 Å². The summed E-state index contributed by atoms with van der Waals surface area (Å²) in [4.78, 5) is 14.5. The van der Waals surface area contributed by atoms with Crippen molar-refractivity contribution in [3.8, 4) is 11.8 Å². The van der Waals surface area contributed by atoms with Gasteiger partial charge in [-0.05, 0) is 24.5 Å². The van der Waals surface area contributed by atoms with Crippen LogP contribution in [0, 0.1) is 17.1 Å². The van der Waals surface area contributed by atoms with E-state index < -0.39 is 23.3 Å². The van der Waals surface area contributed by atoms with E-state index in [1.807, 2.05) is 30.3 Å². The van der Waals surface area contributed by atoms with Crippen LogP contribution in [0.2, 0.25) is 0 Å². The van der Waals surface area contributed by atoms with E-state index in [4.69, 9.17) is 4.74 Å².